The number of esters is 1. The molecule has 0 saturated carbocycles. The fraction of sp³-hybridized carbons (Fsp3) is 0.391. The Morgan fingerprint density at radius 2 is 1.57 bits per heavy atom. The first-order valence-electron chi connectivity index (χ1n) is 9.42. The van der Waals surface area contributed by atoms with Crippen LogP contribution in [0.5, 0.6) is 0 Å². The van der Waals surface area contributed by atoms with Gasteiger partial charge >= 0.3 is 5.97 Å². The Balaban J connectivity index is 2.20. The highest BCUT2D eigenvalue weighted by Gasteiger charge is 2.21. The molecule has 0 atom stereocenters. The molecule has 0 radical (unpaired) electrons. The van der Waals surface area contributed by atoms with Gasteiger partial charge in [-0.1, -0.05) is 45.0 Å². The summed E-state index contributed by atoms with van der Waals surface area (Å²) in [4.78, 5) is 24.5. The summed E-state index contributed by atoms with van der Waals surface area (Å²) in [6.45, 7) is 11.9. The highest BCUT2D eigenvalue weighted by Crippen LogP contribution is 2.32. The number of amides is 1. The third kappa shape index (κ3) is 6.41. The second kappa shape index (κ2) is 8.46. The summed E-state index contributed by atoms with van der Waals surface area (Å²) in [5, 5.41) is 6.08. The molecule has 2 aromatic carbocycles. The molecule has 2 aromatic rings. The van der Waals surface area contributed by atoms with E-state index in [0.29, 0.717) is 11.3 Å². The number of anilines is 2. The molecule has 2 rings (SSSR count). The van der Waals surface area contributed by atoms with Crippen LogP contribution in [0, 0.1) is 0 Å². The Morgan fingerprint density at radius 3 is 2.14 bits per heavy atom. The predicted octanol–water partition coefficient (Wildman–Crippen LogP) is 4.99. The van der Waals surface area contributed by atoms with E-state index in [0.717, 1.165) is 11.3 Å². The summed E-state index contributed by atoms with van der Waals surface area (Å²) in [6, 6.07) is 14.7. The molecule has 150 valence electrons. The number of ether oxygens (including phenoxy) is 1. The molecule has 2 N–H and O–H groups in total. The minimum atomic E-state index is -0.531. The quantitative estimate of drug-likeness (QED) is 0.715. The summed E-state index contributed by atoms with van der Waals surface area (Å²) in [7, 11) is 0. The van der Waals surface area contributed by atoms with Crippen LogP contribution in [0.25, 0.3) is 0 Å². The predicted molar refractivity (Wildman–Crippen MR) is 114 cm³/mol. The van der Waals surface area contributed by atoms with Crippen LogP contribution >= 0.6 is 0 Å². The lowest BCUT2D eigenvalue weighted by molar-refractivity contribution is -0.152. The monoisotopic (exact) mass is 382 g/mol. The average Bonchev–Trinajstić information content (AvgIpc) is 2.58. The molecule has 0 aliphatic rings. The Hall–Kier alpha value is -2.82. The lowest BCUT2D eigenvalue weighted by atomic mass is 9.85. The number of rotatable bonds is 5. The summed E-state index contributed by atoms with van der Waals surface area (Å²) in [5.74, 6) is -0.506. The van der Waals surface area contributed by atoms with Gasteiger partial charge in [-0.15, -0.1) is 0 Å². The van der Waals surface area contributed by atoms with Gasteiger partial charge in [0.05, 0.1) is 0 Å². The molecule has 0 aliphatic heterocycles. The smallest absolute Gasteiger partial charge is 0.325 e. The van der Waals surface area contributed by atoms with E-state index in [1.807, 2.05) is 57.2 Å². The molecule has 0 bridgehead atoms. The maximum absolute atomic E-state index is 12.4. The van der Waals surface area contributed by atoms with Gasteiger partial charge < -0.3 is 15.4 Å². The second-order valence-electron chi connectivity index (χ2n) is 8.77. The van der Waals surface area contributed by atoms with Gasteiger partial charge in [-0.25, -0.2) is 0 Å². The van der Waals surface area contributed by atoms with Crippen LogP contribution < -0.4 is 10.6 Å². The van der Waals surface area contributed by atoms with Gasteiger partial charge in [0.15, 0.2) is 0 Å². The first-order chi connectivity index (χ1) is 13.0. The first kappa shape index (κ1) is 21.5. The summed E-state index contributed by atoms with van der Waals surface area (Å²) in [6.07, 6.45) is 0. The van der Waals surface area contributed by atoms with E-state index in [9.17, 15) is 9.59 Å². The van der Waals surface area contributed by atoms with Gasteiger partial charge in [0, 0.05) is 16.9 Å². The first-order valence-corrected chi connectivity index (χ1v) is 9.42. The number of hydrogen-bond donors (Lipinski definition) is 2. The van der Waals surface area contributed by atoms with Gasteiger partial charge in [-0.2, -0.15) is 0 Å². The van der Waals surface area contributed by atoms with Gasteiger partial charge in [-0.3, -0.25) is 9.59 Å². The van der Waals surface area contributed by atoms with E-state index >= 15 is 0 Å². The fourth-order valence-corrected chi connectivity index (χ4v) is 2.76. The van der Waals surface area contributed by atoms with Crippen molar-refractivity contribution < 1.29 is 14.3 Å². The van der Waals surface area contributed by atoms with Crippen molar-refractivity contribution in [1.29, 1.82) is 0 Å². The van der Waals surface area contributed by atoms with Crippen LogP contribution in [0.15, 0.2) is 48.5 Å². The van der Waals surface area contributed by atoms with Crippen LogP contribution in [0.4, 0.5) is 11.4 Å². The minimum Gasteiger partial charge on any atom is -0.459 e. The molecule has 0 heterocycles. The van der Waals surface area contributed by atoms with Gasteiger partial charge in [0.25, 0.3) is 5.91 Å². The zero-order chi connectivity index (χ0) is 20.9. The summed E-state index contributed by atoms with van der Waals surface area (Å²) < 4.78 is 5.37. The van der Waals surface area contributed by atoms with Crippen molar-refractivity contribution in [3.05, 3.63) is 59.7 Å². The number of carbonyl (C=O) groups is 2. The molecular formula is C23H30N2O3. The number of nitrogens with one attached hydrogen (secondary N) is 2. The molecule has 0 unspecified atom stereocenters. The van der Waals surface area contributed by atoms with Gasteiger partial charge in [0.1, 0.15) is 12.1 Å². The Kier molecular flexibility index (Phi) is 6.49. The maximum Gasteiger partial charge on any atom is 0.325 e. The zero-order valence-corrected chi connectivity index (χ0v) is 17.6. The summed E-state index contributed by atoms with van der Waals surface area (Å²) in [5.41, 5.74) is 2.44. The maximum atomic E-state index is 12.4. The molecule has 5 nitrogen and oxygen atoms in total. The normalized spacial score (nSPS) is 11.6. The topological polar surface area (TPSA) is 67.4 Å². The van der Waals surface area contributed by atoms with Crippen molar-refractivity contribution in [3.8, 4) is 0 Å². The molecule has 1 amide bonds. The molecule has 0 aliphatic carbocycles. The lowest BCUT2D eigenvalue weighted by Crippen LogP contribution is -2.28. The Morgan fingerprint density at radius 1 is 0.929 bits per heavy atom. The third-order valence-corrected chi connectivity index (χ3v) is 3.96. The van der Waals surface area contributed by atoms with E-state index < -0.39 is 5.60 Å². The lowest BCUT2D eigenvalue weighted by Gasteiger charge is -2.25. The van der Waals surface area contributed by atoms with E-state index in [1.165, 1.54) is 0 Å². The average molecular weight is 383 g/mol. The number of hydrogen-bond acceptors (Lipinski definition) is 4. The van der Waals surface area contributed by atoms with Gasteiger partial charge in [0.2, 0.25) is 0 Å². The van der Waals surface area contributed by atoms with Crippen molar-refractivity contribution in [1.82, 2.24) is 0 Å². The van der Waals surface area contributed by atoms with Crippen LogP contribution in [0.3, 0.4) is 0 Å². The van der Waals surface area contributed by atoms with Crippen molar-refractivity contribution >= 4 is 23.3 Å². The van der Waals surface area contributed by atoms with Crippen molar-refractivity contribution in [3.63, 3.8) is 0 Å². The number of benzene rings is 2. The molecule has 0 aromatic heterocycles. The molecule has 0 fully saturated rings. The SMILES string of the molecule is CC(C)(C)OC(=O)CNc1cc(NC(=O)c2ccccc2)ccc1C(C)(C)C. The summed E-state index contributed by atoms with van der Waals surface area (Å²) >= 11 is 0. The largest absolute Gasteiger partial charge is 0.459 e. The van der Waals surface area contributed by atoms with Crippen LogP contribution in [0.1, 0.15) is 57.5 Å². The highest BCUT2D eigenvalue weighted by atomic mass is 16.6. The second-order valence-corrected chi connectivity index (χ2v) is 8.77. The van der Waals surface area contributed by atoms with Crippen LogP contribution in [0.2, 0.25) is 0 Å². The van der Waals surface area contributed by atoms with Crippen molar-refractivity contribution in [2.24, 2.45) is 0 Å². The molecular weight excluding hydrogens is 352 g/mol. The Labute approximate surface area is 167 Å². The Bertz CT molecular complexity index is 831. The zero-order valence-electron chi connectivity index (χ0n) is 17.6. The fourth-order valence-electron chi connectivity index (χ4n) is 2.76. The standard InChI is InChI=1S/C23H30N2O3/c1-22(2,3)18-13-12-17(25-21(27)16-10-8-7-9-11-16)14-19(18)24-15-20(26)28-23(4,5)6/h7-14,24H,15H2,1-6H3,(H,25,27). The van der Waals surface area contributed by atoms with E-state index in [1.54, 1.807) is 12.1 Å². The van der Waals surface area contributed by atoms with Crippen molar-refractivity contribution in [2.45, 2.75) is 52.6 Å². The van der Waals surface area contributed by atoms with Crippen LogP contribution in [-0.4, -0.2) is 24.0 Å². The van der Waals surface area contributed by atoms with Gasteiger partial charge in [-0.05, 0) is 56.0 Å². The number of carbonyl (C=O) groups excluding carboxylic acids is 2. The van der Waals surface area contributed by atoms with Crippen molar-refractivity contribution in [2.75, 3.05) is 17.2 Å². The van der Waals surface area contributed by atoms with E-state index in [4.69, 9.17) is 4.74 Å². The van der Waals surface area contributed by atoms with E-state index in [-0.39, 0.29) is 23.8 Å². The molecule has 5 heteroatoms. The molecule has 0 spiro atoms. The highest BCUT2D eigenvalue weighted by molar-refractivity contribution is 6.04. The third-order valence-electron chi connectivity index (χ3n) is 3.96. The molecule has 0 saturated heterocycles. The van der Waals surface area contributed by atoms with Crippen LogP contribution in [-0.2, 0) is 14.9 Å². The van der Waals surface area contributed by atoms with E-state index in [2.05, 4.69) is 31.4 Å². The minimum absolute atomic E-state index is 0.0520. The molecule has 28 heavy (non-hydrogen) atoms.